The van der Waals surface area contributed by atoms with E-state index in [-0.39, 0.29) is 12.2 Å². The molecule has 0 saturated carbocycles. The lowest BCUT2D eigenvalue weighted by Crippen LogP contribution is -2.43. The molecule has 136 valence electrons. The highest BCUT2D eigenvalue weighted by Crippen LogP contribution is 2.45. The number of carbonyl (C=O) groups is 2. The molecule has 0 bridgehead atoms. The van der Waals surface area contributed by atoms with Crippen LogP contribution >= 0.6 is 15.9 Å². The number of ketones is 1. The molecule has 0 aliphatic carbocycles. The summed E-state index contributed by atoms with van der Waals surface area (Å²) in [7, 11) is 0. The van der Waals surface area contributed by atoms with Crippen LogP contribution in [0.2, 0.25) is 0 Å². The van der Waals surface area contributed by atoms with Crippen LogP contribution in [0.15, 0.2) is 53.0 Å². The zero-order valence-corrected chi connectivity index (χ0v) is 16.7. The van der Waals surface area contributed by atoms with Gasteiger partial charge in [-0.05, 0) is 23.8 Å². The number of halogens is 1. The SMILES string of the molecule is CC(C)(C)C(=O)CC1(O)C(=O)N(Cc2ccccc2)c2ccc(Br)cc21. The van der Waals surface area contributed by atoms with Gasteiger partial charge in [0.15, 0.2) is 5.60 Å². The highest BCUT2D eigenvalue weighted by molar-refractivity contribution is 9.10. The maximum Gasteiger partial charge on any atom is 0.264 e. The zero-order valence-electron chi connectivity index (χ0n) is 15.1. The summed E-state index contributed by atoms with van der Waals surface area (Å²) in [6.07, 6.45) is -0.232. The lowest BCUT2D eigenvalue weighted by Gasteiger charge is -2.26. The monoisotopic (exact) mass is 415 g/mol. The van der Waals surface area contributed by atoms with Crippen molar-refractivity contribution >= 4 is 33.3 Å². The van der Waals surface area contributed by atoms with Crippen LogP contribution in [-0.4, -0.2) is 16.8 Å². The average molecular weight is 416 g/mol. The first kappa shape index (κ1) is 18.8. The van der Waals surface area contributed by atoms with Gasteiger partial charge in [0.2, 0.25) is 0 Å². The van der Waals surface area contributed by atoms with Crippen LogP contribution in [0.25, 0.3) is 0 Å². The minimum Gasteiger partial charge on any atom is -0.375 e. The van der Waals surface area contributed by atoms with Crippen LogP contribution in [0.4, 0.5) is 5.69 Å². The summed E-state index contributed by atoms with van der Waals surface area (Å²) < 4.78 is 0.757. The van der Waals surface area contributed by atoms with Crippen LogP contribution in [0.5, 0.6) is 0 Å². The lowest BCUT2D eigenvalue weighted by molar-refractivity contribution is -0.144. The number of aliphatic hydroxyl groups is 1. The maximum absolute atomic E-state index is 13.2. The maximum atomic E-state index is 13.2. The van der Waals surface area contributed by atoms with Gasteiger partial charge in [-0.1, -0.05) is 67.0 Å². The minimum absolute atomic E-state index is 0.152. The van der Waals surface area contributed by atoms with Crippen molar-refractivity contribution in [2.24, 2.45) is 5.41 Å². The van der Waals surface area contributed by atoms with Gasteiger partial charge in [0, 0.05) is 21.9 Å². The Labute approximate surface area is 162 Å². The molecule has 2 aromatic rings. The van der Waals surface area contributed by atoms with E-state index in [0.717, 1.165) is 10.0 Å². The van der Waals surface area contributed by atoms with E-state index in [1.165, 1.54) is 0 Å². The number of hydrogen-bond donors (Lipinski definition) is 1. The summed E-state index contributed by atoms with van der Waals surface area (Å²) in [4.78, 5) is 27.3. The molecule has 26 heavy (non-hydrogen) atoms. The normalized spacial score (nSPS) is 19.6. The standard InChI is InChI=1S/C21H22BrNO3/c1-20(2,3)18(24)12-21(26)16-11-15(22)9-10-17(16)23(19(21)25)13-14-7-5-4-6-8-14/h4-11,26H,12-13H2,1-3H3. The Balaban J connectivity index is 2.03. The van der Waals surface area contributed by atoms with Crippen molar-refractivity contribution < 1.29 is 14.7 Å². The largest absolute Gasteiger partial charge is 0.375 e. The predicted molar refractivity (Wildman–Crippen MR) is 105 cm³/mol. The molecular formula is C21H22BrNO3. The second kappa shape index (κ2) is 6.63. The molecule has 1 atom stereocenters. The summed E-state index contributed by atoms with van der Waals surface area (Å²) in [6, 6.07) is 15.0. The summed E-state index contributed by atoms with van der Waals surface area (Å²) in [5.74, 6) is -0.604. The van der Waals surface area contributed by atoms with Crippen molar-refractivity contribution in [2.75, 3.05) is 4.90 Å². The summed E-state index contributed by atoms with van der Waals surface area (Å²) in [6.45, 7) is 5.73. The van der Waals surface area contributed by atoms with Crippen molar-refractivity contribution in [1.29, 1.82) is 0 Å². The first-order valence-corrected chi connectivity index (χ1v) is 9.34. The number of hydrogen-bond acceptors (Lipinski definition) is 3. The number of carbonyl (C=O) groups excluding carboxylic acids is 2. The number of fused-ring (bicyclic) bond motifs is 1. The highest BCUT2D eigenvalue weighted by atomic mass is 79.9. The van der Waals surface area contributed by atoms with Crippen LogP contribution in [-0.2, 0) is 21.7 Å². The molecule has 4 nitrogen and oxygen atoms in total. The van der Waals surface area contributed by atoms with Gasteiger partial charge < -0.3 is 10.0 Å². The van der Waals surface area contributed by atoms with Gasteiger partial charge in [0.05, 0.1) is 12.2 Å². The Bertz CT molecular complexity index is 857. The van der Waals surface area contributed by atoms with Gasteiger partial charge in [-0.2, -0.15) is 0 Å². The molecule has 0 fully saturated rings. The van der Waals surface area contributed by atoms with Crippen molar-refractivity contribution in [2.45, 2.75) is 39.3 Å². The van der Waals surface area contributed by atoms with E-state index in [1.54, 1.807) is 37.8 Å². The zero-order chi connectivity index (χ0) is 19.1. The number of amides is 1. The molecule has 1 aliphatic rings. The van der Waals surface area contributed by atoms with Crippen molar-refractivity contribution in [3.05, 3.63) is 64.1 Å². The van der Waals surface area contributed by atoms with Crippen LogP contribution < -0.4 is 4.90 Å². The molecule has 1 aliphatic heterocycles. The second-order valence-electron chi connectivity index (χ2n) is 7.75. The fourth-order valence-corrected chi connectivity index (χ4v) is 3.48. The van der Waals surface area contributed by atoms with E-state index in [0.29, 0.717) is 17.8 Å². The van der Waals surface area contributed by atoms with Gasteiger partial charge in [-0.25, -0.2) is 0 Å². The van der Waals surface area contributed by atoms with Gasteiger partial charge in [-0.3, -0.25) is 9.59 Å². The van der Waals surface area contributed by atoms with Gasteiger partial charge >= 0.3 is 0 Å². The van der Waals surface area contributed by atoms with E-state index < -0.39 is 16.9 Å². The van der Waals surface area contributed by atoms with Crippen molar-refractivity contribution in [1.82, 2.24) is 0 Å². The molecule has 1 unspecified atom stereocenters. The number of rotatable bonds is 4. The van der Waals surface area contributed by atoms with E-state index in [9.17, 15) is 14.7 Å². The molecule has 1 N–H and O–H groups in total. The highest BCUT2D eigenvalue weighted by Gasteiger charge is 2.51. The molecule has 1 heterocycles. The lowest BCUT2D eigenvalue weighted by atomic mass is 9.81. The molecule has 0 radical (unpaired) electrons. The Morgan fingerprint density at radius 3 is 2.42 bits per heavy atom. The van der Waals surface area contributed by atoms with Gasteiger partial charge in [0.25, 0.3) is 5.91 Å². The summed E-state index contributed by atoms with van der Waals surface area (Å²) in [5.41, 5.74) is -0.384. The van der Waals surface area contributed by atoms with Gasteiger partial charge in [-0.15, -0.1) is 0 Å². The molecule has 0 aromatic heterocycles. The summed E-state index contributed by atoms with van der Waals surface area (Å²) in [5, 5.41) is 11.3. The Kier molecular flexibility index (Phi) is 4.80. The third kappa shape index (κ3) is 3.33. The number of benzene rings is 2. The van der Waals surface area contributed by atoms with E-state index in [1.807, 2.05) is 36.4 Å². The number of anilines is 1. The van der Waals surface area contributed by atoms with E-state index in [2.05, 4.69) is 15.9 Å². The number of Topliss-reactive ketones (excluding diaryl/α,β-unsaturated/α-hetero) is 1. The van der Waals surface area contributed by atoms with Crippen LogP contribution in [0, 0.1) is 5.41 Å². The topological polar surface area (TPSA) is 57.6 Å². The van der Waals surface area contributed by atoms with Crippen LogP contribution in [0.1, 0.15) is 38.3 Å². The Morgan fingerprint density at radius 1 is 1.15 bits per heavy atom. The minimum atomic E-state index is -1.84. The third-order valence-electron chi connectivity index (χ3n) is 4.73. The fourth-order valence-electron chi connectivity index (χ4n) is 3.11. The molecule has 5 heteroatoms. The molecule has 0 spiro atoms. The predicted octanol–water partition coefficient (Wildman–Crippen LogP) is 4.19. The fraction of sp³-hybridized carbons (Fsp3) is 0.333. The quantitative estimate of drug-likeness (QED) is 0.814. The molecule has 2 aromatic carbocycles. The van der Waals surface area contributed by atoms with Crippen LogP contribution in [0.3, 0.4) is 0 Å². The Morgan fingerprint density at radius 2 is 1.81 bits per heavy atom. The smallest absolute Gasteiger partial charge is 0.264 e. The first-order chi connectivity index (χ1) is 12.1. The molecule has 0 saturated heterocycles. The van der Waals surface area contributed by atoms with Crippen molar-refractivity contribution in [3.63, 3.8) is 0 Å². The third-order valence-corrected chi connectivity index (χ3v) is 5.22. The summed E-state index contributed by atoms with van der Waals surface area (Å²) >= 11 is 3.40. The van der Waals surface area contributed by atoms with E-state index in [4.69, 9.17) is 0 Å². The molecule has 3 rings (SSSR count). The molecular weight excluding hydrogens is 394 g/mol. The van der Waals surface area contributed by atoms with Gasteiger partial charge in [0.1, 0.15) is 5.78 Å². The second-order valence-corrected chi connectivity index (χ2v) is 8.66. The first-order valence-electron chi connectivity index (χ1n) is 8.54. The van der Waals surface area contributed by atoms with E-state index >= 15 is 0 Å². The average Bonchev–Trinajstić information content (AvgIpc) is 2.77. The Hall–Kier alpha value is -1.98. The molecule has 1 amide bonds. The number of nitrogens with zero attached hydrogens (tertiary/aromatic N) is 1. The van der Waals surface area contributed by atoms with Crippen molar-refractivity contribution in [3.8, 4) is 0 Å².